The summed E-state index contributed by atoms with van der Waals surface area (Å²) < 4.78 is 24.9. The van der Waals surface area contributed by atoms with E-state index in [0.29, 0.717) is 6.04 Å². The normalized spacial score (nSPS) is 14.9. The summed E-state index contributed by atoms with van der Waals surface area (Å²) in [6.45, 7) is 22.5. The van der Waals surface area contributed by atoms with Crippen LogP contribution in [0.15, 0.2) is 12.2 Å². The van der Waals surface area contributed by atoms with E-state index in [0.717, 1.165) is 4.90 Å². The predicted octanol–water partition coefficient (Wildman–Crippen LogP) is 3.65. The van der Waals surface area contributed by atoms with Gasteiger partial charge < -0.3 is 32.4 Å². The molecule has 2 atom stereocenters. The van der Waals surface area contributed by atoms with Gasteiger partial charge in [-0.15, -0.1) is 0 Å². The maximum atomic E-state index is 12.0. The van der Waals surface area contributed by atoms with Crippen molar-refractivity contribution in [1.29, 1.82) is 0 Å². The first kappa shape index (κ1) is 33.1. The van der Waals surface area contributed by atoms with Gasteiger partial charge in [0.2, 0.25) is 6.23 Å². The van der Waals surface area contributed by atoms with Crippen molar-refractivity contribution in [1.82, 2.24) is 4.90 Å². The number of ether oxygens (including phenoxy) is 1. The summed E-state index contributed by atoms with van der Waals surface area (Å²) >= 11 is 0. The standard InChI is InChI=1S/C20H45NO9Si4/c1-16(2)19(24)27-18(17(23)15-22)21(20(25)26)13-12-14-34(28-31(3,4)5,29-32(6,7)8)30-33(9,10)11/h17-18,22-23H,1,12-15H2,2-11H3,(H,25,26). The Balaban J connectivity index is 5.98. The number of aliphatic hydroxyl groups is 2. The second kappa shape index (κ2) is 12.9. The number of aliphatic hydroxyl groups excluding tert-OH is 2. The van der Waals surface area contributed by atoms with Gasteiger partial charge in [0.25, 0.3) is 0 Å². The first-order valence-corrected chi connectivity index (χ1v) is 23.5. The molecule has 0 saturated carbocycles. The zero-order valence-corrected chi connectivity index (χ0v) is 26.4. The average Bonchev–Trinajstić information content (AvgIpc) is 2.57. The van der Waals surface area contributed by atoms with Crippen molar-refractivity contribution in [3.8, 4) is 0 Å². The van der Waals surface area contributed by atoms with Crippen molar-refractivity contribution < 1.29 is 42.0 Å². The number of rotatable bonds is 15. The van der Waals surface area contributed by atoms with E-state index in [-0.39, 0.29) is 18.5 Å². The van der Waals surface area contributed by atoms with Crippen molar-refractivity contribution in [3.63, 3.8) is 0 Å². The van der Waals surface area contributed by atoms with Crippen molar-refractivity contribution in [3.05, 3.63) is 12.2 Å². The van der Waals surface area contributed by atoms with Gasteiger partial charge in [-0.2, -0.15) is 0 Å². The molecular weight excluding hydrogens is 511 g/mol. The fourth-order valence-electron chi connectivity index (χ4n) is 3.06. The highest BCUT2D eigenvalue weighted by atomic mass is 28.5. The van der Waals surface area contributed by atoms with Gasteiger partial charge in [0.15, 0.2) is 25.0 Å². The monoisotopic (exact) mass is 555 g/mol. The van der Waals surface area contributed by atoms with Crippen LogP contribution in [0.3, 0.4) is 0 Å². The number of amides is 1. The van der Waals surface area contributed by atoms with Crippen molar-refractivity contribution >= 4 is 45.8 Å². The molecule has 0 fully saturated rings. The van der Waals surface area contributed by atoms with Crippen molar-refractivity contribution in [2.75, 3.05) is 13.2 Å². The second-order valence-corrected chi connectivity index (χ2v) is 28.2. The lowest BCUT2D eigenvalue weighted by Gasteiger charge is -2.43. The molecule has 0 aromatic heterocycles. The van der Waals surface area contributed by atoms with E-state index in [1.54, 1.807) is 0 Å². The van der Waals surface area contributed by atoms with Crippen LogP contribution in [0.2, 0.25) is 65.0 Å². The third kappa shape index (κ3) is 13.3. The molecule has 0 aliphatic heterocycles. The molecule has 0 aromatic carbocycles. The summed E-state index contributed by atoms with van der Waals surface area (Å²) in [5.41, 5.74) is 0.0440. The number of carboxylic acid groups (broad SMARTS) is 1. The molecule has 0 aliphatic carbocycles. The molecule has 0 heterocycles. The summed E-state index contributed by atoms with van der Waals surface area (Å²) in [5, 5.41) is 29.4. The topological polar surface area (TPSA) is 135 Å². The summed E-state index contributed by atoms with van der Waals surface area (Å²) in [4.78, 5) is 24.8. The predicted molar refractivity (Wildman–Crippen MR) is 141 cm³/mol. The molecule has 0 bridgehead atoms. The minimum atomic E-state index is -3.19. The number of carbonyl (C=O) groups excluding carboxylic acids is 1. The highest BCUT2D eigenvalue weighted by molar-refractivity contribution is 6.90. The number of hydrogen-bond acceptors (Lipinski definition) is 8. The SMILES string of the molecule is C=C(C)C(=O)OC(C(O)CO)N(CCC[Si](O[Si](C)(C)C)(O[Si](C)(C)C)O[Si](C)(C)C)C(=O)O. The lowest BCUT2D eigenvalue weighted by atomic mass is 10.2. The van der Waals surface area contributed by atoms with Crippen LogP contribution in [0.5, 0.6) is 0 Å². The van der Waals surface area contributed by atoms with Crippen LogP contribution >= 0.6 is 0 Å². The van der Waals surface area contributed by atoms with Gasteiger partial charge in [-0.3, -0.25) is 4.90 Å². The summed E-state index contributed by atoms with van der Waals surface area (Å²) in [6.07, 6.45) is -4.31. The largest absolute Gasteiger partial charge is 0.469 e. The van der Waals surface area contributed by atoms with E-state index in [9.17, 15) is 24.9 Å². The Morgan fingerprint density at radius 1 is 0.912 bits per heavy atom. The molecular formula is C20H45NO9Si4. The zero-order chi connectivity index (χ0) is 27.1. The average molecular weight is 556 g/mol. The molecule has 2 unspecified atom stereocenters. The van der Waals surface area contributed by atoms with Gasteiger partial charge in [0.1, 0.15) is 6.10 Å². The molecule has 0 spiro atoms. The Hall–Kier alpha value is -0.852. The first-order chi connectivity index (χ1) is 15.1. The Labute approximate surface area is 208 Å². The maximum absolute atomic E-state index is 12.0. The Bertz CT molecular complexity index is 661. The van der Waals surface area contributed by atoms with Crippen molar-refractivity contribution in [2.24, 2.45) is 0 Å². The molecule has 1 amide bonds. The Morgan fingerprint density at radius 3 is 1.62 bits per heavy atom. The van der Waals surface area contributed by atoms with Crippen molar-refractivity contribution in [2.45, 2.75) is 90.6 Å². The molecule has 0 radical (unpaired) electrons. The smallest absolute Gasteiger partial charge is 0.465 e. The molecule has 3 N–H and O–H groups in total. The fraction of sp³-hybridized carbons (Fsp3) is 0.800. The zero-order valence-electron chi connectivity index (χ0n) is 22.4. The highest BCUT2D eigenvalue weighted by Gasteiger charge is 2.49. The van der Waals surface area contributed by atoms with Crippen LogP contribution < -0.4 is 0 Å². The number of esters is 1. The van der Waals surface area contributed by atoms with E-state index in [4.69, 9.17) is 17.1 Å². The molecule has 200 valence electrons. The van der Waals surface area contributed by atoms with Gasteiger partial charge in [-0.05, 0) is 72.3 Å². The van der Waals surface area contributed by atoms with Gasteiger partial charge in [-0.25, -0.2) is 9.59 Å². The molecule has 14 heteroatoms. The summed E-state index contributed by atoms with van der Waals surface area (Å²) in [7, 11) is -9.48. The van der Waals surface area contributed by atoms with E-state index in [1.165, 1.54) is 6.92 Å². The number of carbonyl (C=O) groups is 2. The van der Waals surface area contributed by atoms with E-state index < -0.39 is 64.8 Å². The van der Waals surface area contributed by atoms with E-state index >= 15 is 0 Å². The third-order valence-electron chi connectivity index (χ3n) is 3.91. The minimum absolute atomic E-state index is 0.0440. The van der Waals surface area contributed by atoms with Gasteiger partial charge in [-0.1, -0.05) is 6.58 Å². The molecule has 0 aromatic rings. The number of hydrogen-bond donors (Lipinski definition) is 3. The Morgan fingerprint density at radius 2 is 1.32 bits per heavy atom. The Kier molecular flexibility index (Phi) is 12.6. The quantitative estimate of drug-likeness (QED) is 0.120. The molecule has 34 heavy (non-hydrogen) atoms. The fourth-order valence-corrected chi connectivity index (χ4v) is 17.7. The van der Waals surface area contributed by atoms with Gasteiger partial charge in [0, 0.05) is 18.2 Å². The van der Waals surface area contributed by atoms with Gasteiger partial charge in [0.05, 0.1) is 6.61 Å². The maximum Gasteiger partial charge on any atom is 0.469 e. The highest BCUT2D eigenvalue weighted by Crippen LogP contribution is 2.30. The second-order valence-electron chi connectivity index (χ2n) is 11.2. The lowest BCUT2D eigenvalue weighted by molar-refractivity contribution is -0.166. The van der Waals surface area contributed by atoms with Gasteiger partial charge >= 0.3 is 20.9 Å². The van der Waals surface area contributed by atoms with E-state index in [1.807, 2.05) is 0 Å². The molecule has 0 saturated heterocycles. The lowest BCUT2D eigenvalue weighted by Crippen LogP contribution is -2.60. The van der Waals surface area contributed by atoms with Crippen LogP contribution in [0.25, 0.3) is 0 Å². The summed E-state index contributed by atoms with van der Waals surface area (Å²) in [6, 6.07) is 0.367. The van der Waals surface area contributed by atoms with Crippen LogP contribution in [-0.2, 0) is 21.9 Å². The van der Waals surface area contributed by atoms with Crippen LogP contribution in [0.4, 0.5) is 4.79 Å². The molecule has 0 aliphatic rings. The van der Waals surface area contributed by atoms with Crippen LogP contribution in [-0.4, -0.2) is 91.5 Å². The summed E-state index contributed by atoms with van der Waals surface area (Å²) in [5.74, 6) is -0.862. The third-order valence-corrected chi connectivity index (χ3v) is 16.0. The molecule has 10 nitrogen and oxygen atoms in total. The van der Waals surface area contributed by atoms with E-state index in [2.05, 4.69) is 65.5 Å². The number of nitrogens with zero attached hydrogens (tertiary/aromatic N) is 1. The van der Waals surface area contributed by atoms with Crippen LogP contribution in [0, 0.1) is 0 Å². The van der Waals surface area contributed by atoms with Crippen LogP contribution in [0.1, 0.15) is 13.3 Å². The molecule has 0 rings (SSSR count). The first-order valence-electron chi connectivity index (χ1n) is 11.4. The minimum Gasteiger partial charge on any atom is -0.465 e.